The maximum absolute atomic E-state index is 13.0. The Bertz CT molecular complexity index is 329. The first kappa shape index (κ1) is 12.6. The van der Waals surface area contributed by atoms with Gasteiger partial charge in [-0.15, -0.1) is 0 Å². The summed E-state index contributed by atoms with van der Waals surface area (Å²) in [5, 5.41) is 0. The lowest BCUT2D eigenvalue weighted by atomic mass is 9.77. The zero-order chi connectivity index (χ0) is 11.6. The molecule has 0 radical (unpaired) electrons. The van der Waals surface area contributed by atoms with E-state index in [0.717, 1.165) is 4.47 Å². The van der Waals surface area contributed by atoms with Gasteiger partial charge in [-0.2, -0.15) is 0 Å². The molecule has 0 bridgehead atoms. The molecule has 0 saturated carbocycles. The first-order chi connectivity index (χ1) is 6.82. The van der Waals surface area contributed by atoms with Gasteiger partial charge >= 0.3 is 0 Å². The average molecular weight is 277 g/mol. The van der Waals surface area contributed by atoms with Crippen molar-refractivity contribution in [3.8, 4) is 0 Å². The Hall–Kier alpha value is -0.440. The van der Waals surface area contributed by atoms with E-state index in [1.54, 1.807) is 18.2 Å². The highest BCUT2D eigenvalue weighted by atomic mass is 79.9. The molecule has 1 aromatic rings. The van der Waals surface area contributed by atoms with Crippen LogP contribution < -0.4 is 0 Å². The van der Waals surface area contributed by atoms with E-state index in [0.29, 0.717) is 5.56 Å². The summed E-state index contributed by atoms with van der Waals surface area (Å²) in [6.45, 7) is 5.51. The second kappa shape index (κ2) is 4.60. The largest absolute Gasteiger partial charge is 0.245 e. The maximum Gasteiger partial charge on any atom is 0.245 e. The predicted octanol–water partition coefficient (Wildman–Crippen LogP) is 4.84. The van der Waals surface area contributed by atoms with Crippen LogP contribution in [0.5, 0.6) is 0 Å². The molecule has 84 valence electrons. The van der Waals surface area contributed by atoms with E-state index in [2.05, 4.69) is 15.9 Å². The summed E-state index contributed by atoms with van der Waals surface area (Å²) >= 11 is 3.30. The third kappa shape index (κ3) is 3.26. The van der Waals surface area contributed by atoms with Crippen LogP contribution in [0.25, 0.3) is 0 Å². The Labute approximate surface area is 97.8 Å². The van der Waals surface area contributed by atoms with E-state index in [9.17, 15) is 8.78 Å². The fraction of sp³-hybridized carbons (Fsp3) is 0.500. The summed E-state index contributed by atoms with van der Waals surface area (Å²) in [6, 6.07) is 7.16. The van der Waals surface area contributed by atoms with Gasteiger partial charge in [0, 0.05) is 10.4 Å². The third-order valence-corrected chi connectivity index (χ3v) is 2.89. The smallest absolute Gasteiger partial charge is 0.210 e. The second-order valence-electron chi connectivity index (χ2n) is 4.73. The van der Waals surface area contributed by atoms with Gasteiger partial charge in [0.05, 0.1) is 0 Å². The molecule has 15 heavy (non-hydrogen) atoms. The summed E-state index contributed by atoms with van der Waals surface area (Å²) in [7, 11) is 0. The van der Waals surface area contributed by atoms with Crippen LogP contribution in [0.4, 0.5) is 8.78 Å². The van der Waals surface area contributed by atoms with Gasteiger partial charge in [0.25, 0.3) is 0 Å². The number of benzene rings is 1. The molecule has 0 aromatic heterocycles. The molecule has 0 spiro atoms. The lowest BCUT2D eigenvalue weighted by Crippen LogP contribution is -2.24. The predicted molar refractivity (Wildman–Crippen MR) is 62.3 cm³/mol. The van der Waals surface area contributed by atoms with Gasteiger partial charge < -0.3 is 0 Å². The van der Waals surface area contributed by atoms with Crippen LogP contribution in [0.3, 0.4) is 0 Å². The first-order valence-electron chi connectivity index (χ1n) is 4.86. The van der Waals surface area contributed by atoms with Gasteiger partial charge in [0.15, 0.2) is 0 Å². The zero-order valence-corrected chi connectivity index (χ0v) is 10.7. The molecule has 0 heterocycles. The average Bonchev–Trinajstić information content (AvgIpc) is 1.99. The van der Waals surface area contributed by atoms with Crippen molar-refractivity contribution >= 4 is 15.9 Å². The highest BCUT2D eigenvalue weighted by Crippen LogP contribution is 2.40. The SMILES string of the molecule is CC(C)(C)C(c1cccc(Br)c1)C(F)F. The third-order valence-electron chi connectivity index (χ3n) is 2.39. The molecule has 0 fully saturated rings. The van der Waals surface area contributed by atoms with Crippen molar-refractivity contribution in [1.82, 2.24) is 0 Å². The molecule has 0 nitrogen and oxygen atoms in total. The quantitative estimate of drug-likeness (QED) is 0.725. The molecule has 1 atom stereocenters. The van der Waals surface area contributed by atoms with Crippen LogP contribution in [0.2, 0.25) is 0 Å². The molecule has 1 aromatic carbocycles. The molecule has 0 aliphatic rings. The van der Waals surface area contributed by atoms with Crippen LogP contribution in [0, 0.1) is 5.41 Å². The lowest BCUT2D eigenvalue weighted by Gasteiger charge is -2.30. The molecule has 0 aliphatic carbocycles. The first-order valence-corrected chi connectivity index (χ1v) is 5.65. The molecular weight excluding hydrogens is 262 g/mol. The monoisotopic (exact) mass is 276 g/mol. The molecule has 0 amide bonds. The molecular formula is C12H15BrF2. The summed E-state index contributed by atoms with van der Waals surface area (Å²) < 4.78 is 26.8. The topological polar surface area (TPSA) is 0 Å². The molecule has 1 unspecified atom stereocenters. The van der Waals surface area contributed by atoms with Crippen LogP contribution in [-0.4, -0.2) is 6.43 Å². The number of hydrogen-bond acceptors (Lipinski definition) is 0. The van der Waals surface area contributed by atoms with Crippen molar-refractivity contribution < 1.29 is 8.78 Å². The van der Waals surface area contributed by atoms with E-state index in [-0.39, 0.29) is 0 Å². The van der Waals surface area contributed by atoms with Crippen LogP contribution in [-0.2, 0) is 0 Å². The molecule has 0 aliphatic heterocycles. The normalized spacial score (nSPS) is 14.3. The van der Waals surface area contributed by atoms with Gasteiger partial charge in [-0.05, 0) is 23.1 Å². The minimum atomic E-state index is -2.33. The van der Waals surface area contributed by atoms with Gasteiger partial charge in [0.1, 0.15) is 0 Å². The van der Waals surface area contributed by atoms with Crippen molar-refractivity contribution in [2.75, 3.05) is 0 Å². The fourth-order valence-electron chi connectivity index (χ4n) is 1.72. The standard InChI is InChI=1S/C12H15BrF2/c1-12(2,3)10(11(14)15)8-5-4-6-9(13)7-8/h4-7,10-11H,1-3H3. The van der Waals surface area contributed by atoms with E-state index < -0.39 is 17.8 Å². The Balaban J connectivity index is 3.11. The molecule has 1 rings (SSSR count). The van der Waals surface area contributed by atoms with E-state index >= 15 is 0 Å². The minimum Gasteiger partial charge on any atom is -0.210 e. The minimum absolute atomic E-state index is 0.436. The number of hydrogen-bond donors (Lipinski definition) is 0. The van der Waals surface area contributed by atoms with Crippen LogP contribution >= 0.6 is 15.9 Å². The second-order valence-corrected chi connectivity index (χ2v) is 5.65. The van der Waals surface area contributed by atoms with E-state index in [1.807, 2.05) is 26.8 Å². The highest BCUT2D eigenvalue weighted by molar-refractivity contribution is 9.10. The van der Waals surface area contributed by atoms with E-state index in [1.165, 1.54) is 0 Å². The van der Waals surface area contributed by atoms with Gasteiger partial charge in [-0.25, -0.2) is 8.78 Å². The zero-order valence-electron chi connectivity index (χ0n) is 9.10. The van der Waals surface area contributed by atoms with Crippen molar-refractivity contribution in [2.24, 2.45) is 5.41 Å². The molecule has 0 saturated heterocycles. The number of rotatable bonds is 2. The van der Waals surface area contributed by atoms with E-state index in [4.69, 9.17) is 0 Å². The summed E-state index contributed by atoms with van der Waals surface area (Å²) in [4.78, 5) is 0. The van der Waals surface area contributed by atoms with Gasteiger partial charge in [-0.3, -0.25) is 0 Å². The van der Waals surface area contributed by atoms with Crippen molar-refractivity contribution in [2.45, 2.75) is 33.1 Å². The number of alkyl halides is 2. The van der Waals surface area contributed by atoms with Crippen LogP contribution in [0.15, 0.2) is 28.7 Å². The Kier molecular flexibility index (Phi) is 3.87. The maximum atomic E-state index is 13.0. The summed E-state index contributed by atoms with van der Waals surface area (Å²) in [5.41, 5.74) is 0.251. The Morgan fingerprint density at radius 3 is 2.20 bits per heavy atom. The summed E-state index contributed by atoms with van der Waals surface area (Å²) in [6.07, 6.45) is -2.33. The van der Waals surface area contributed by atoms with Gasteiger partial charge in [-0.1, -0.05) is 48.8 Å². The van der Waals surface area contributed by atoms with Crippen LogP contribution in [0.1, 0.15) is 32.3 Å². The van der Waals surface area contributed by atoms with Gasteiger partial charge in [0.2, 0.25) is 6.43 Å². The van der Waals surface area contributed by atoms with Crippen molar-refractivity contribution in [3.05, 3.63) is 34.3 Å². The molecule has 3 heteroatoms. The Morgan fingerprint density at radius 1 is 1.20 bits per heavy atom. The summed E-state index contributed by atoms with van der Waals surface area (Å²) in [5.74, 6) is -0.727. The number of halogens is 3. The lowest BCUT2D eigenvalue weighted by molar-refractivity contribution is 0.0623. The highest BCUT2D eigenvalue weighted by Gasteiger charge is 2.33. The Morgan fingerprint density at radius 2 is 1.80 bits per heavy atom. The van der Waals surface area contributed by atoms with Crippen molar-refractivity contribution in [1.29, 1.82) is 0 Å². The fourth-order valence-corrected chi connectivity index (χ4v) is 2.14. The molecule has 0 N–H and O–H groups in total. The van der Waals surface area contributed by atoms with Crippen molar-refractivity contribution in [3.63, 3.8) is 0 Å².